The van der Waals surface area contributed by atoms with Gasteiger partial charge in [0.2, 0.25) is 5.91 Å². The third-order valence-corrected chi connectivity index (χ3v) is 18.6. The average Bonchev–Trinajstić information content (AvgIpc) is 3.51. The normalized spacial score (nSPS) is 12.5. The van der Waals surface area contributed by atoms with Crippen molar-refractivity contribution in [3.63, 3.8) is 0 Å². The van der Waals surface area contributed by atoms with E-state index in [4.69, 9.17) is 4.74 Å². The molecule has 0 bridgehead atoms. The summed E-state index contributed by atoms with van der Waals surface area (Å²) in [4.78, 5) is 24.6. The Hall–Kier alpha value is -1.40. The van der Waals surface area contributed by atoms with Gasteiger partial charge in [-0.2, -0.15) is 0 Å². The van der Waals surface area contributed by atoms with Crippen LogP contribution in [-0.2, 0) is 14.3 Å². The van der Waals surface area contributed by atoms with Crippen molar-refractivity contribution in [2.24, 2.45) is 0 Å². The fourth-order valence-electron chi connectivity index (χ4n) is 12.6. The van der Waals surface area contributed by atoms with Crippen molar-refractivity contribution in [1.29, 1.82) is 0 Å². The number of allylic oxidation sites excluding steroid dienone is 2. The first-order chi connectivity index (χ1) is 41.5. The molecule has 0 heterocycles. The number of aliphatic hydroxyl groups excluding tert-OH is 2. The Morgan fingerprint density at radius 1 is 0.321 bits per heavy atom. The minimum Gasteiger partial charge on any atom is -0.466 e. The molecule has 3 N–H and O–H groups in total. The predicted octanol–water partition coefficient (Wildman–Crippen LogP) is 25.5. The summed E-state index contributed by atoms with van der Waals surface area (Å²) in [5, 5.41) is 23.3. The monoisotopic (exact) mass is 1180 g/mol. The minimum atomic E-state index is -0.659. The fraction of sp³-hybridized carbons (Fsp3) is 0.949. The zero-order valence-corrected chi connectivity index (χ0v) is 57.4. The Morgan fingerprint density at radius 2 is 0.560 bits per heavy atom. The first kappa shape index (κ1) is 82.6. The summed E-state index contributed by atoms with van der Waals surface area (Å²) in [5.74, 6) is -0.00884. The first-order valence-electron chi connectivity index (χ1n) is 38.9. The minimum absolute atomic E-state index is 0.0170. The first-order valence-corrected chi connectivity index (χ1v) is 38.9. The highest BCUT2D eigenvalue weighted by Crippen LogP contribution is 2.20. The molecular formula is C78H153NO5. The van der Waals surface area contributed by atoms with E-state index < -0.39 is 12.1 Å². The molecule has 500 valence electrons. The van der Waals surface area contributed by atoms with Crippen LogP contribution < -0.4 is 5.32 Å². The second-order valence-corrected chi connectivity index (χ2v) is 27.0. The molecule has 0 saturated carbocycles. The summed E-state index contributed by atoms with van der Waals surface area (Å²) in [5.41, 5.74) is 0. The second kappa shape index (κ2) is 74.1. The van der Waals surface area contributed by atoms with Gasteiger partial charge in [-0.15, -0.1) is 0 Å². The van der Waals surface area contributed by atoms with Crippen LogP contribution in [0.15, 0.2) is 12.2 Å². The van der Waals surface area contributed by atoms with Crippen LogP contribution in [0, 0.1) is 0 Å². The summed E-state index contributed by atoms with van der Waals surface area (Å²) in [6.07, 6.45) is 93.1. The molecule has 0 spiro atoms. The van der Waals surface area contributed by atoms with Gasteiger partial charge in [0.25, 0.3) is 0 Å². The van der Waals surface area contributed by atoms with Crippen molar-refractivity contribution in [2.45, 2.75) is 463 Å². The van der Waals surface area contributed by atoms with Gasteiger partial charge in [-0.25, -0.2) is 0 Å². The lowest BCUT2D eigenvalue weighted by atomic mass is 10.0. The zero-order valence-electron chi connectivity index (χ0n) is 57.4. The number of carbonyl (C=O) groups excluding carboxylic acids is 2. The van der Waals surface area contributed by atoms with Crippen LogP contribution in [0.2, 0.25) is 0 Å². The quantitative estimate of drug-likeness (QED) is 0.0320. The smallest absolute Gasteiger partial charge is 0.305 e. The van der Waals surface area contributed by atoms with Gasteiger partial charge in [0, 0.05) is 12.8 Å². The van der Waals surface area contributed by atoms with Crippen LogP contribution in [0.4, 0.5) is 0 Å². The standard InChI is InChI=1S/C78H153NO5/c1-3-5-7-9-11-13-15-17-19-44-48-52-56-60-64-68-72-78(83)84-73-69-65-61-57-53-49-45-42-40-38-36-34-32-30-28-26-24-22-20-21-23-25-27-29-31-33-35-37-39-41-43-47-51-55-59-63-67-71-77(82)79-75(74-80)76(81)70-66-62-58-54-50-46-18-16-14-12-10-8-6-4-2/h19,44,75-76,80-81H,3-18,20-43,45-74H2,1-2H3,(H,79,82)/b44-19-. The number of unbranched alkanes of at least 4 members (excludes halogenated alkanes) is 61. The lowest BCUT2D eigenvalue weighted by Gasteiger charge is -2.22. The zero-order chi connectivity index (χ0) is 60.6. The SMILES string of the molecule is CCCCCCCCC/C=C\CCCCCCCC(=O)OCCCCCCCCCCCCCCCCCCCCCCCCCCCCCCCCCCCCCCCC(=O)NC(CO)C(O)CCCCCCCCCCCCCCCC. The van der Waals surface area contributed by atoms with Crippen LogP contribution in [0.25, 0.3) is 0 Å². The molecule has 0 aliphatic heterocycles. The molecule has 1 amide bonds. The molecular weight excluding hydrogens is 1030 g/mol. The van der Waals surface area contributed by atoms with E-state index in [1.165, 1.54) is 372 Å². The molecule has 0 fully saturated rings. The number of amides is 1. The summed E-state index contributed by atoms with van der Waals surface area (Å²) in [6, 6.07) is -0.536. The van der Waals surface area contributed by atoms with Crippen LogP contribution >= 0.6 is 0 Å². The average molecular weight is 1190 g/mol. The van der Waals surface area contributed by atoms with Gasteiger partial charge in [0.05, 0.1) is 25.4 Å². The van der Waals surface area contributed by atoms with E-state index in [1.807, 2.05) is 0 Å². The second-order valence-electron chi connectivity index (χ2n) is 27.0. The van der Waals surface area contributed by atoms with Crippen molar-refractivity contribution in [3.8, 4) is 0 Å². The number of carbonyl (C=O) groups is 2. The number of hydrogen-bond acceptors (Lipinski definition) is 5. The van der Waals surface area contributed by atoms with Gasteiger partial charge in [-0.1, -0.05) is 398 Å². The Kier molecular flexibility index (Phi) is 72.8. The third kappa shape index (κ3) is 69.7. The molecule has 2 unspecified atom stereocenters. The number of hydrogen-bond donors (Lipinski definition) is 3. The van der Waals surface area contributed by atoms with Gasteiger partial charge in [-0.05, 0) is 51.4 Å². The highest BCUT2D eigenvalue weighted by molar-refractivity contribution is 5.76. The Labute approximate surface area is 527 Å². The molecule has 0 saturated heterocycles. The molecule has 0 rings (SSSR count). The van der Waals surface area contributed by atoms with E-state index in [-0.39, 0.29) is 18.5 Å². The molecule has 84 heavy (non-hydrogen) atoms. The maximum Gasteiger partial charge on any atom is 0.305 e. The van der Waals surface area contributed by atoms with Crippen molar-refractivity contribution in [1.82, 2.24) is 5.32 Å². The number of ether oxygens (including phenoxy) is 1. The predicted molar refractivity (Wildman–Crippen MR) is 370 cm³/mol. The number of esters is 1. The van der Waals surface area contributed by atoms with E-state index >= 15 is 0 Å². The van der Waals surface area contributed by atoms with Gasteiger partial charge in [-0.3, -0.25) is 9.59 Å². The van der Waals surface area contributed by atoms with Crippen LogP contribution in [0.5, 0.6) is 0 Å². The molecule has 0 aromatic heterocycles. The summed E-state index contributed by atoms with van der Waals surface area (Å²) in [6.45, 7) is 4.99. The molecule has 0 aromatic rings. The molecule has 6 nitrogen and oxygen atoms in total. The fourth-order valence-corrected chi connectivity index (χ4v) is 12.6. The Balaban J connectivity index is 3.28. The summed E-state index contributed by atoms with van der Waals surface area (Å²) in [7, 11) is 0. The van der Waals surface area contributed by atoms with E-state index in [0.717, 1.165) is 44.9 Å². The lowest BCUT2D eigenvalue weighted by Crippen LogP contribution is -2.45. The Bertz CT molecular complexity index is 1270. The topological polar surface area (TPSA) is 95.9 Å². The van der Waals surface area contributed by atoms with E-state index in [9.17, 15) is 19.8 Å². The molecule has 2 atom stereocenters. The van der Waals surface area contributed by atoms with E-state index in [0.29, 0.717) is 25.9 Å². The number of aliphatic hydroxyl groups is 2. The Morgan fingerprint density at radius 3 is 0.845 bits per heavy atom. The van der Waals surface area contributed by atoms with Crippen molar-refractivity contribution >= 4 is 11.9 Å². The lowest BCUT2D eigenvalue weighted by molar-refractivity contribution is -0.143. The van der Waals surface area contributed by atoms with Crippen molar-refractivity contribution in [3.05, 3.63) is 12.2 Å². The third-order valence-electron chi connectivity index (χ3n) is 18.6. The van der Waals surface area contributed by atoms with Gasteiger partial charge < -0.3 is 20.3 Å². The highest BCUT2D eigenvalue weighted by atomic mass is 16.5. The molecule has 0 radical (unpaired) electrons. The summed E-state index contributed by atoms with van der Waals surface area (Å²) >= 11 is 0. The number of nitrogens with one attached hydrogen (secondary N) is 1. The van der Waals surface area contributed by atoms with Gasteiger partial charge in [0.15, 0.2) is 0 Å². The van der Waals surface area contributed by atoms with E-state index in [2.05, 4.69) is 31.3 Å². The maximum atomic E-state index is 12.5. The number of rotatable bonds is 74. The summed E-state index contributed by atoms with van der Waals surface area (Å²) < 4.78 is 5.50. The molecule has 0 aliphatic carbocycles. The van der Waals surface area contributed by atoms with Crippen molar-refractivity contribution < 1.29 is 24.5 Å². The van der Waals surface area contributed by atoms with Crippen LogP contribution in [-0.4, -0.2) is 47.4 Å². The maximum absolute atomic E-state index is 12.5. The molecule has 0 aromatic carbocycles. The van der Waals surface area contributed by atoms with Gasteiger partial charge >= 0.3 is 5.97 Å². The van der Waals surface area contributed by atoms with Crippen molar-refractivity contribution in [2.75, 3.05) is 13.2 Å². The highest BCUT2D eigenvalue weighted by Gasteiger charge is 2.20. The van der Waals surface area contributed by atoms with Crippen LogP contribution in [0.3, 0.4) is 0 Å². The van der Waals surface area contributed by atoms with Gasteiger partial charge in [0.1, 0.15) is 0 Å². The van der Waals surface area contributed by atoms with E-state index in [1.54, 1.807) is 0 Å². The largest absolute Gasteiger partial charge is 0.466 e. The molecule has 6 heteroatoms. The van der Waals surface area contributed by atoms with Crippen LogP contribution in [0.1, 0.15) is 450 Å². The molecule has 0 aliphatic rings.